The lowest BCUT2D eigenvalue weighted by Crippen LogP contribution is -2.25. The number of rotatable bonds is 6. The van der Waals surface area contributed by atoms with E-state index in [9.17, 15) is 24.1 Å². The molecular weight excluding hydrogens is 425 g/mol. The van der Waals surface area contributed by atoms with E-state index in [0.29, 0.717) is 11.1 Å². The number of para-hydroxylation sites is 1. The molecule has 0 aliphatic heterocycles. The van der Waals surface area contributed by atoms with E-state index in [1.165, 1.54) is 30.3 Å². The second-order valence-electron chi connectivity index (χ2n) is 6.69. The van der Waals surface area contributed by atoms with Crippen molar-refractivity contribution in [3.8, 4) is 0 Å². The third kappa shape index (κ3) is 5.23. The van der Waals surface area contributed by atoms with Crippen LogP contribution in [-0.2, 0) is 6.54 Å². The Morgan fingerprint density at radius 2 is 1.77 bits per heavy atom. The zero-order valence-electron chi connectivity index (χ0n) is 16.3. The summed E-state index contributed by atoms with van der Waals surface area (Å²) in [5.41, 5.74) is 1.31. The summed E-state index contributed by atoms with van der Waals surface area (Å²) in [5.74, 6) is -1.45. The molecule has 0 aliphatic carbocycles. The van der Waals surface area contributed by atoms with Crippen molar-refractivity contribution in [2.24, 2.45) is 0 Å². The smallest absolute Gasteiger partial charge is 0.270 e. The first kappa shape index (κ1) is 21.9. The molecule has 0 saturated heterocycles. The van der Waals surface area contributed by atoms with Gasteiger partial charge in [-0.2, -0.15) is 0 Å². The predicted octanol–water partition coefficient (Wildman–Crippen LogP) is 4.88. The van der Waals surface area contributed by atoms with Crippen LogP contribution in [-0.4, -0.2) is 16.7 Å². The van der Waals surface area contributed by atoms with Gasteiger partial charge in [-0.05, 0) is 42.3 Å². The van der Waals surface area contributed by atoms with Crippen molar-refractivity contribution in [2.75, 3.05) is 5.32 Å². The summed E-state index contributed by atoms with van der Waals surface area (Å²) in [7, 11) is 0. The summed E-state index contributed by atoms with van der Waals surface area (Å²) in [4.78, 5) is 35.4. The molecule has 0 saturated carbocycles. The summed E-state index contributed by atoms with van der Waals surface area (Å²) >= 11 is 6.00. The van der Waals surface area contributed by atoms with Crippen molar-refractivity contribution in [3.05, 3.63) is 104 Å². The van der Waals surface area contributed by atoms with Gasteiger partial charge in [0.05, 0.1) is 26.8 Å². The van der Waals surface area contributed by atoms with Crippen molar-refractivity contribution in [1.82, 2.24) is 5.32 Å². The highest BCUT2D eigenvalue weighted by Gasteiger charge is 2.18. The molecule has 3 aromatic carbocycles. The van der Waals surface area contributed by atoms with Crippen LogP contribution in [0.5, 0.6) is 0 Å². The first-order valence-electron chi connectivity index (χ1n) is 9.14. The van der Waals surface area contributed by atoms with Gasteiger partial charge in [0.25, 0.3) is 17.5 Å². The highest BCUT2D eigenvalue weighted by Crippen LogP contribution is 2.24. The molecular formula is C22H17ClFN3O4. The van der Waals surface area contributed by atoms with E-state index in [-0.39, 0.29) is 39.9 Å². The Kier molecular flexibility index (Phi) is 6.61. The van der Waals surface area contributed by atoms with E-state index >= 15 is 0 Å². The number of benzene rings is 3. The van der Waals surface area contributed by atoms with Crippen LogP contribution in [0, 0.1) is 22.9 Å². The maximum absolute atomic E-state index is 13.7. The molecule has 31 heavy (non-hydrogen) atoms. The van der Waals surface area contributed by atoms with E-state index in [2.05, 4.69) is 10.6 Å². The van der Waals surface area contributed by atoms with Gasteiger partial charge in [-0.3, -0.25) is 19.7 Å². The minimum Gasteiger partial charge on any atom is -0.348 e. The molecule has 0 radical (unpaired) electrons. The first-order valence-corrected chi connectivity index (χ1v) is 9.51. The van der Waals surface area contributed by atoms with Crippen molar-refractivity contribution < 1.29 is 18.9 Å². The molecule has 0 aliphatic rings. The Balaban J connectivity index is 1.75. The number of non-ortho nitro benzene ring substituents is 1. The van der Waals surface area contributed by atoms with Crippen LogP contribution in [0.4, 0.5) is 15.8 Å². The SMILES string of the molecule is Cc1ccc(CNC(=O)c2ccccc2NC(=O)c2ccc([N+](=O)[O-])cc2Cl)cc1F. The monoisotopic (exact) mass is 441 g/mol. The van der Waals surface area contributed by atoms with Gasteiger partial charge in [0, 0.05) is 18.7 Å². The molecule has 0 fully saturated rings. The number of nitro benzene ring substituents is 1. The highest BCUT2D eigenvalue weighted by molar-refractivity contribution is 6.34. The zero-order chi connectivity index (χ0) is 22.5. The molecule has 0 heterocycles. The van der Waals surface area contributed by atoms with Crippen LogP contribution in [0.3, 0.4) is 0 Å². The number of anilines is 1. The van der Waals surface area contributed by atoms with Gasteiger partial charge in [0.1, 0.15) is 5.82 Å². The van der Waals surface area contributed by atoms with Crippen LogP contribution in [0.2, 0.25) is 5.02 Å². The fourth-order valence-corrected chi connectivity index (χ4v) is 3.07. The average Bonchev–Trinajstić information content (AvgIpc) is 2.74. The first-order chi connectivity index (χ1) is 14.8. The van der Waals surface area contributed by atoms with E-state index in [4.69, 9.17) is 11.6 Å². The normalized spacial score (nSPS) is 10.4. The van der Waals surface area contributed by atoms with Crippen LogP contribution in [0.1, 0.15) is 31.8 Å². The number of carbonyl (C=O) groups is 2. The van der Waals surface area contributed by atoms with Crippen molar-refractivity contribution >= 4 is 34.8 Å². The Morgan fingerprint density at radius 1 is 1.03 bits per heavy atom. The second-order valence-corrected chi connectivity index (χ2v) is 7.09. The number of nitrogens with one attached hydrogen (secondary N) is 2. The fraction of sp³-hybridized carbons (Fsp3) is 0.0909. The Morgan fingerprint density at radius 3 is 2.45 bits per heavy atom. The van der Waals surface area contributed by atoms with E-state index < -0.39 is 16.7 Å². The van der Waals surface area contributed by atoms with Crippen LogP contribution >= 0.6 is 11.6 Å². The van der Waals surface area contributed by atoms with E-state index in [0.717, 1.165) is 6.07 Å². The van der Waals surface area contributed by atoms with Gasteiger partial charge in [0.15, 0.2) is 0 Å². The van der Waals surface area contributed by atoms with Gasteiger partial charge < -0.3 is 10.6 Å². The topological polar surface area (TPSA) is 101 Å². The molecule has 2 N–H and O–H groups in total. The number of hydrogen-bond acceptors (Lipinski definition) is 4. The fourth-order valence-electron chi connectivity index (χ4n) is 2.81. The summed E-state index contributed by atoms with van der Waals surface area (Å²) in [5, 5.41) is 16.0. The van der Waals surface area contributed by atoms with Gasteiger partial charge in [-0.1, -0.05) is 35.9 Å². The van der Waals surface area contributed by atoms with E-state index in [1.807, 2.05) is 0 Å². The van der Waals surface area contributed by atoms with Crippen LogP contribution in [0.25, 0.3) is 0 Å². The molecule has 0 spiro atoms. The lowest BCUT2D eigenvalue weighted by Gasteiger charge is -2.12. The number of amides is 2. The maximum atomic E-state index is 13.7. The van der Waals surface area contributed by atoms with E-state index in [1.54, 1.807) is 31.2 Å². The molecule has 7 nitrogen and oxygen atoms in total. The van der Waals surface area contributed by atoms with Crippen LogP contribution < -0.4 is 10.6 Å². The highest BCUT2D eigenvalue weighted by atomic mass is 35.5. The predicted molar refractivity (Wildman–Crippen MR) is 115 cm³/mol. The number of nitro groups is 1. The number of nitrogens with zero attached hydrogens (tertiary/aromatic N) is 1. The van der Waals surface area contributed by atoms with Crippen LogP contribution in [0.15, 0.2) is 60.7 Å². The Bertz CT molecular complexity index is 1180. The van der Waals surface area contributed by atoms with Gasteiger partial charge in [-0.25, -0.2) is 4.39 Å². The molecule has 0 aromatic heterocycles. The lowest BCUT2D eigenvalue weighted by atomic mass is 10.1. The Labute approximate surface area is 182 Å². The summed E-state index contributed by atoms with van der Waals surface area (Å²) in [6.45, 7) is 1.75. The molecule has 0 bridgehead atoms. The maximum Gasteiger partial charge on any atom is 0.270 e. The number of aryl methyl sites for hydroxylation is 1. The standard InChI is InChI=1S/C22H17ClFN3O4/c1-13-6-7-14(10-19(13)24)12-25-21(28)17-4-2-3-5-20(17)26-22(29)16-9-8-15(27(30)31)11-18(16)23/h2-11H,12H2,1H3,(H,25,28)(H,26,29). The molecule has 2 amide bonds. The van der Waals surface area contributed by atoms with Crippen molar-refractivity contribution in [1.29, 1.82) is 0 Å². The average molecular weight is 442 g/mol. The minimum absolute atomic E-state index is 0.0256. The largest absolute Gasteiger partial charge is 0.348 e. The summed E-state index contributed by atoms with van der Waals surface area (Å²) in [6.07, 6.45) is 0. The zero-order valence-corrected chi connectivity index (χ0v) is 17.1. The third-order valence-electron chi connectivity index (χ3n) is 4.52. The molecule has 158 valence electrons. The number of carbonyl (C=O) groups excluding carboxylic acids is 2. The third-order valence-corrected chi connectivity index (χ3v) is 4.83. The molecule has 3 aromatic rings. The molecule has 3 rings (SSSR count). The van der Waals surface area contributed by atoms with Gasteiger partial charge >= 0.3 is 0 Å². The second kappa shape index (κ2) is 9.36. The molecule has 0 unspecified atom stereocenters. The summed E-state index contributed by atoms with van der Waals surface area (Å²) in [6, 6.07) is 14.5. The van der Waals surface area contributed by atoms with Crippen molar-refractivity contribution in [3.63, 3.8) is 0 Å². The summed E-state index contributed by atoms with van der Waals surface area (Å²) < 4.78 is 13.7. The van der Waals surface area contributed by atoms with Gasteiger partial charge in [-0.15, -0.1) is 0 Å². The van der Waals surface area contributed by atoms with Gasteiger partial charge in [0.2, 0.25) is 0 Å². The minimum atomic E-state index is -0.624. The molecule has 0 atom stereocenters. The quantitative estimate of drug-likeness (QED) is 0.420. The Hall–Kier alpha value is -3.78. The van der Waals surface area contributed by atoms with Crippen molar-refractivity contribution in [2.45, 2.75) is 13.5 Å². The number of halogens is 2. The molecule has 9 heteroatoms. The number of hydrogen-bond donors (Lipinski definition) is 2. The lowest BCUT2D eigenvalue weighted by molar-refractivity contribution is -0.384.